The van der Waals surface area contributed by atoms with Gasteiger partial charge in [-0.15, -0.1) is 0 Å². The maximum Gasteiger partial charge on any atom is 0.126 e. The standard InChI is InChI=1S/C16H16BrF/c1-11-3-6-13(7-4-11)9-15(17)14-8-5-12(2)16(18)10-14/h3-8,10,15H,9H2,1-2H3. The van der Waals surface area contributed by atoms with Gasteiger partial charge in [-0.1, -0.05) is 57.9 Å². The van der Waals surface area contributed by atoms with E-state index in [0.717, 1.165) is 12.0 Å². The van der Waals surface area contributed by atoms with E-state index in [2.05, 4.69) is 47.1 Å². The van der Waals surface area contributed by atoms with Crippen molar-refractivity contribution < 1.29 is 4.39 Å². The maximum absolute atomic E-state index is 13.5. The average molecular weight is 307 g/mol. The summed E-state index contributed by atoms with van der Waals surface area (Å²) in [7, 11) is 0. The lowest BCUT2D eigenvalue weighted by molar-refractivity contribution is 0.615. The van der Waals surface area contributed by atoms with Crippen LogP contribution in [0, 0.1) is 19.7 Å². The highest BCUT2D eigenvalue weighted by molar-refractivity contribution is 9.09. The molecule has 0 aliphatic rings. The molecule has 0 N–H and O–H groups in total. The topological polar surface area (TPSA) is 0 Å². The van der Waals surface area contributed by atoms with Crippen molar-refractivity contribution in [3.8, 4) is 0 Å². The highest BCUT2D eigenvalue weighted by atomic mass is 79.9. The van der Waals surface area contributed by atoms with Crippen LogP contribution in [0.3, 0.4) is 0 Å². The molecule has 1 atom stereocenters. The monoisotopic (exact) mass is 306 g/mol. The molecule has 0 aromatic heterocycles. The summed E-state index contributed by atoms with van der Waals surface area (Å²) in [4.78, 5) is 0.148. The van der Waals surface area contributed by atoms with Crippen molar-refractivity contribution >= 4 is 15.9 Å². The summed E-state index contributed by atoms with van der Waals surface area (Å²) in [6.45, 7) is 3.85. The third kappa shape index (κ3) is 3.20. The Morgan fingerprint density at radius 1 is 1.06 bits per heavy atom. The SMILES string of the molecule is Cc1ccc(CC(Br)c2ccc(C)c(F)c2)cc1. The van der Waals surface area contributed by atoms with Gasteiger partial charge in [-0.3, -0.25) is 0 Å². The lowest BCUT2D eigenvalue weighted by Crippen LogP contribution is -1.97. The molecule has 0 aliphatic heterocycles. The van der Waals surface area contributed by atoms with E-state index in [0.29, 0.717) is 5.56 Å². The first-order chi connectivity index (χ1) is 8.56. The van der Waals surface area contributed by atoms with E-state index < -0.39 is 0 Å². The first-order valence-electron chi connectivity index (χ1n) is 6.02. The molecule has 2 aromatic carbocycles. The molecule has 0 aliphatic carbocycles. The van der Waals surface area contributed by atoms with Crippen molar-refractivity contribution in [1.29, 1.82) is 0 Å². The molecule has 0 bridgehead atoms. The Morgan fingerprint density at radius 2 is 1.72 bits per heavy atom. The van der Waals surface area contributed by atoms with Crippen LogP contribution in [-0.4, -0.2) is 0 Å². The highest BCUT2D eigenvalue weighted by Gasteiger charge is 2.10. The van der Waals surface area contributed by atoms with Gasteiger partial charge in [0.25, 0.3) is 0 Å². The van der Waals surface area contributed by atoms with Gasteiger partial charge in [-0.2, -0.15) is 0 Å². The zero-order chi connectivity index (χ0) is 13.1. The first kappa shape index (κ1) is 13.3. The molecule has 18 heavy (non-hydrogen) atoms. The number of halogens is 2. The summed E-state index contributed by atoms with van der Waals surface area (Å²) in [5.74, 6) is -0.138. The van der Waals surface area contributed by atoms with Crippen LogP contribution in [0.4, 0.5) is 4.39 Å². The van der Waals surface area contributed by atoms with Gasteiger partial charge in [0.15, 0.2) is 0 Å². The van der Waals surface area contributed by atoms with Crippen LogP contribution in [0.15, 0.2) is 42.5 Å². The second-order valence-electron chi connectivity index (χ2n) is 4.67. The zero-order valence-corrected chi connectivity index (χ0v) is 12.2. The van der Waals surface area contributed by atoms with Gasteiger partial charge in [0.1, 0.15) is 5.82 Å². The molecular formula is C16H16BrF. The molecule has 2 aromatic rings. The Balaban J connectivity index is 2.13. The summed E-state index contributed by atoms with van der Waals surface area (Å²) < 4.78 is 13.5. The predicted molar refractivity (Wildman–Crippen MR) is 77.7 cm³/mol. The number of aryl methyl sites for hydroxylation is 2. The van der Waals surface area contributed by atoms with E-state index in [9.17, 15) is 4.39 Å². The number of hydrogen-bond acceptors (Lipinski definition) is 0. The summed E-state index contributed by atoms with van der Waals surface area (Å²) >= 11 is 3.63. The van der Waals surface area contributed by atoms with Gasteiger partial charge in [0, 0.05) is 4.83 Å². The third-order valence-electron chi connectivity index (χ3n) is 3.09. The van der Waals surface area contributed by atoms with E-state index in [1.807, 2.05) is 12.1 Å². The van der Waals surface area contributed by atoms with Crippen LogP contribution in [0.1, 0.15) is 27.1 Å². The molecule has 0 amide bonds. The summed E-state index contributed by atoms with van der Waals surface area (Å²) in [6, 6.07) is 13.9. The molecular weight excluding hydrogens is 291 g/mol. The molecule has 94 valence electrons. The maximum atomic E-state index is 13.5. The van der Waals surface area contributed by atoms with Gasteiger partial charge in [-0.05, 0) is 43.0 Å². The van der Waals surface area contributed by atoms with Gasteiger partial charge < -0.3 is 0 Å². The van der Waals surface area contributed by atoms with Crippen LogP contribution >= 0.6 is 15.9 Å². The second kappa shape index (κ2) is 5.66. The zero-order valence-electron chi connectivity index (χ0n) is 10.6. The van der Waals surface area contributed by atoms with Crippen LogP contribution in [-0.2, 0) is 6.42 Å². The van der Waals surface area contributed by atoms with E-state index in [4.69, 9.17) is 0 Å². The molecule has 0 fully saturated rings. The van der Waals surface area contributed by atoms with Crippen LogP contribution in [0.5, 0.6) is 0 Å². The Bertz CT molecular complexity index is 531. The van der Waals surface area contributed by atoms with E-state index in [1.54, 1.807) is 13.0 Å². The highest BCUT2D eigenvalue weighted by Crippen LogP contribution is 2.28. The van der Waals surface area contributed by atoms with Crippen LogP contribution in [0.2, 0.25) is 0 Å². The molecule has 1 unspecified atom stereocenters. The van der Waals surface area contributed by atoms with Crippen molar-refractivity contribution in [3.05, 3.63) is 70.5 Å². The first-order valence-corrected chi connectivity index (χ1v) is 6.93. The molecule has 2 heteroatoms. The molecule has 2 rings (SSSR count). The van der Waals surface area contributed by atoms with Gasteiger partial charge in [0.2, 0.25) is 0 Å². The molecule has 0 saturated heterocycles. The fourth-order valence-electron chi connectivity index (χ4n) is 1.85. The second-order valence-corrected chi connectivity index (χ2v) is 5.77. The molecule has 0 spiro atoms. The smallest absolute Gasteiger partial charge is 0.126 e. The lowest BCUT2D eigenvalue weighted by Gasteiger charge is -2.11. The number of rotatable bonds is 3. The lowest BCUT2D eigenvalue weighted by atomic mass is 10.0. The minimum absolute atomic E-state index is 0.138. The summed E-state index contributed by atoms with van der Waals surface area (Å²) in [6.07, 6.45) is 0.864. The van der Waals surface area contributed by atoms with E-state index >= 15 is 0 Å². The molecule has 0 radical (unpaired) electrons. The number of benzene rings is 2. The predicted octanol–water partition coefficient (Wildman–Crippen LogP) is 5.12. The van der Waals surface area contributed by atoms with E-state index in [1.165, 1.54) is 11.1 Å². The normalized spacial score (nSPS) is 12.4. The largest absolute Gasteiger partial charge is 0.207 e. The van der Waals surface area contributed by atoms with Crippen molar-refractivity contribution in [2.75, 3.05) is 0 Å². The summed E-state index contributed by atoms with van der Waals surface area (Å²) in [5, 5.41) is 0. The minimum Gasteiger partial charge on any atom is -0.207 e. The Kier molecular flexibility index (Phi) is 4.18. The molecule has 0 saturated carbocycles. The Morgan fingerprint density at radius 3 is 2.33 bits per heavy atom. The molecule has 0 nitrogen and oxygen atoms in total. The van der Waals surface area contributed by atoms with Crippen molar-refractivity contribution in [2.45, 2.75) is 25.1 Å². The number of hydrogen-bond donors (Lipinski definition) is 0. The molecule has 0 heterocycles. The Labute approximate surface area is 116 Å². The third-order valence-corrected chi connectivity index (χ3v) is 3.95. The van der Waals surface area contributed by atoms with Crippen LogP contribution in [0.25, 0.3) is 0 Å². The van der Waals surface area contributed by atoms with Crippen molar-refractivity contribution in [1.82, 2.24) is 0 Å². The van der Waals surface area contributed by atoms with Crippen molar-refractivity contribution in [3.63, 3.8) is 0 Å². The quantitative estimate of drug-likeness (QED) is 0.690. The fraction of sp³-hybridized carbons (Fsp3) is 0.250. The van der Waals surface area contributed by atoms with Gasteiger partial charge in [0.05, 0.1) is 0 Å². The van der Waals surface area contributed by atoms with E-state index in [-0.39, 0.29) is 10.6 Å². The van der Waals surface area contributed by atoms with Crippen molar-refractivity contribution in [2.24, 2.45) is 0 Å². The van der Waals surface area contributed by atoms with Crippen LogP contribution < -0.4 is 0 Å². The van der Waals surface area contributed by atoms with Gasteiger partial charge in [-0.25, -0.2) is 4.39 Å². The average Bonchev–Trinajstić information content (AvgIpc) is 2.35. The number of alkyl halides is 1. The van der Waals surface area contributed by atoms with Gasteiger partial charge >= 0.3 is 0 Å². The summed E-state index contributed by atoms with van der Waals surface area (Å²) in [5.41, 5.74) is 4.18. The minimum atomic E-state index is -0.138. The Hall–Kier alpha value is -1.15. The fourth-order valence-corrected chi connectivity index (χ4v) is 2.51.